The molecule has 0 aromatic heterocycles. The maximum absolute atomic E-state index is 9.92. The topological polar surface area (TPSA) is 99.0 Å². The van der Waals surface area contributed by atoms with Gasteiger partial charge in [0.25, 0.3) is 0 Å². The van der Waals surface area contributed by atoms with Gasteiger partial charge in [0.2, 0.25) is 12.1 Å². The second-order valence-electron chi connectivity index (χ2n) is 17.7. The summed E-state index contributed by atoms with van der Waals surface area (Å²) in [5.41, 5.74) is 3.27. The predicted molar refractivity (Wildman–Crippen MR) is 248 cm³/mol. The molecular formula is C51H81NO7S. The zero-order chi connectivity index (χ0) is 42.3. The van der Waals surface area contributed by atoms with Gasteiger partial charge in [0.1, 0.15) is 18.1 Å². The van der Waals surface area contributed by atoms with Crippen molar-refractivity contribution in [2.24, 2.45) is 22.9 Å². The molecule has 60 heavy (non-hydrogen) atoms. The van der Waals surface area contributed by atoms with Crippen LogP contribution in [0.15, 0.2) is 60.3 Å². The van der Waals surface area contributed by atoms with Crippen LogP contribution in [0.3, 0.4) is 0 Å². The maximum Gasteiger partial charge on any atom is 0.230 e. The van der Waals surface area contributed by atoms with Crippen LogP contribution >= 0.6 is 11.8 Å². The number of allylic oxidation sites excluding steroid dienone is 1. The zero-order valence-corrected chi connectivity index (χ0v) is 38.2. The first kappa shape index (κ1) is 48.7. The number of hydrogen-bond donors (Lipinski definition) is 2. The maximum atomic E-state index is 9.92. The normalized spacial score (nSPS) is 26.4. The van der Waals surface area contributed by atoms with Crippen LogP contribution in [0.4, 0.5) is 0 Å². The van der Waals surface area contributed by atoms with Gasteiger partial charge in [0.05, 0.1) is 30.1 Å². The van der Waals surface area contributed by atoms with Gasteiger partial charge in [-0.05, 0) is 86.3 Å². The van der Waals surface area contributed by atoms with Crippen LogP contribution in [0.1, 0.15) is 173 Å². The fraction of sp³-hybridized carbons (Fsp3) is 0.745. The molecule has 0 spiro atoms. The summed E-state index contributed by atoms with van der Waals surface area (Å²) in [6.07, 6.45) is 33.5. The first-order chi connectivity index (χ1) is 29.6. The Labute approximate surface area is 368 Å². The van der Waals surface area contributed by atoms with Crippen LogP contribution in [0.5, 0.6) is 11.5 Å². The van der Waals surface area contributed by atoms with Crippen molar-refractivity contribution in [3.63, 3.8) is 0 Å². The highest BCUT2D eigenvalue weighted by atomic mass is 32.2. The van der Waals surface area contributed by atoms with Gasteiger partial charge in [-0.25, -0.2) is 0 Å². The van der Waals surface area contributed by atoms with Crippen molar-refractivity contribution in [1.29, 1.82) is 0 Å². The van der Waals surface area contributed by atoms with Crippen molar-refractivity contribution in [3.05, 3.63) is 60.7 Å². The lowest BCUT2D eigenvalue weighted by molar-refractivity contribution is -0.223. The van der Waals surface area contributed by atoms with Crippen molar-refractivity contribution in [3.8, 4) is 11.5 Å². The van der Waals surface area contributed by atoms with E-state index in [0.717, 1.165) is 98.3 Å². The molecule has 9 heteroatoms. The summed E-state index contributed by atoms with van der Waals surface area (Å²) >= 11 is 1.97. The Morgan fingerprint density at radius 3 is 2.17 bits per heavy atom. The monoisotopic (exact) mass is 852 g/mol. The van der Waals surface area contributed by atoms with Crippen LogP contribution in [0, 0.1) is 17.8 Å². The molecule has 5 rings (SSSR count). The number of aliphatic hydroxyl groups is 2. The average molecular weight is 852 g/mol. The Bertz CT molecular complexity index is 1440. The number of oxime groups is 1. The Morgan fingerprint density at radius 2 is 1.52 bits per heavy atom. The number of thioether (sulfide) groups is 1. The molecule has 0 radical (unpaired) electrons. The van der Waals surface area contributed by atoms with E-state index in [1.54, 1.807) is 6.08 Å². The van der Waals surface area contributed by atoms with E-state index in [4.69, 9.17) is 28.9 Å². The van der Waals surface area contributed by atoms with E-state index in [1.165, 1.54) is 83.5 Å². The number of rotatable bonds is 32. The highest BCUT2D eigenvalue weighted by Gasteiger charge is 2.64. The molecule has 0 amide bonds. The zero-order valence-electron chi connectivity index (χ0n) is 37.3. The molecule has 338 valence electrons. The van der Waals surface area contributed by atoms with E-state index in [1.807, 2.05) is 23.9 Å². The molecule has 2 N–H and O–H groups in total. The first-order valence-corrected chi connectivity index (χ1v) is 25.4. The molecule has 7 atom stereocenters. The second-order valence-corrected chi connectivity index (χ2v) is 19.0. The lowest BCUT2D eigenvalue weighted by atomic mass is 9.56. The van der Waals surface area contributed by atoms with Gasteiger partial charge in [-0.1, -0.05) is 133 Å². The molecule has 8 nitrogen and oxygen atoms in total. The molecule has 2 aliphatic carbocycles. The van der Waals surface area contributed by atoms with Crippen molar-refractivity contribution in [2.75, 3.05) is 38.8 Å². The predicted octanol–water partition coefficient (Wildman–Crippen LogP) is 12.6. The number of aliphatic hydroxyl groups excluding tert-OH is 2. The summed E-state index contributed by atoms with van der Waals surface area (Å²) < 4.78 is 26.6. The molecule has 1 saturated carbocycles. The average Bonchev–Trinajstić information content (AvgIpc) is 3.27. The van der Waals surface area contributed by atoms with E-state index in [9.17, 15) is 10.2 Å². The summed E-state index contributed by atoms with van der Waals surface area (Å²) in [6, 6.07) is 6.27. The number of nitrogens with zero attached hydrogens (tertiary/aromatic N) is 1. The highest BCUT2D eigenvalue weighted by Crippen LogP contribution is 2.62. The molecule has 2 heterocycles. The minimum atomic E-state index is -0.951. The Balaban J connectivity index is 1.40. The quantitative estimate of drug-likeness (QED) is 0.0420. The third-order valence-electron chi connectivity index (χ3n) is 13.2. The van der Waals surface area contributed by atoms with Crippen LogP contribution in [0.25, 0.3) is 0 Å². The molecular weight excluding hydrogens is 771 g/mol. The second kappa shape index (κ2) is 27.7. The molecule has 4 aliphatic rings. The van der Waals surface area contributed by atoms with Crippen LogP contribution in [-0.4, -0.2) is 72.0 Å². The van der Waals surface area contributed by atoms with Gasteiger partial charge < -0.3 is 34.0 Å². The lowest BCUT2D eigenvalue weighted by Gasteiger charge is -2.58. The Morgan fingerprint density at radius 1 is 0.833 bits per heavy atom. The van der Waals surface area contributed by atoms with Crippen molar-refractivity contribution in [1.82, 2.24) is 0 Å². The van der Waals surface area contributed by atoms with Crippen LogP contribution in [0.2, 0.25) is 0 Å². The molecule has 2 aliphatic heterocycles. The fourth-order valence-electron chi connectivity index (χ4n) is 10.2. The molecule has 0 bridgehead atoms. The summed E-state index contributed by atoms with van der Waals surface area (Å²) in [7, 11) is 0. The first-order valence-electron chi connectivity index (χ1n) is 24.3. The van der Waals surface area contributed by atoms with Gasteiger partial charge >= 0.3 is 0 Å². The number of fused-ring (bicyclic) bond motifs is 2. The fourth-order valence-corrected chi connectivity index (χ4v) is 11.6. The van der Waals surface area contributed by atoms with Crippen LogP contribution < -0.4 is 9.47 Å². The summed E-state index contributed by atoms with van der Waals surface area (Å²) in [6.45, 7) is 12.1. The smallest absolute Gasteiger partial charge is 0.230 e. The summed E-state index contributed by atoms with van der Waals surface area (Å²) in [4.78, 5) is 6.29. The lowest BCUT2D eigenvalue weighted by Crippen LogP contribution is -2.64. The molecule has 1 aromatic rings. The number of hydrogen-bond acceptors (Lipinski definition) is 9. The number of ether oxygens (including phenoxy) is 4. The van der Waals surface area contributed by atoms with Crippen molar-refractivity contribution >= 4 is 17.5 Å². The third-order valence-corrected chi connectivity index (χ3v) is 14.6. The minimum Gasteiger partial charge on any atom is -0.490 e. The van der Waals surface area contributed by atoms with Crippen molar-refractivity contribution in [2.45, 2.75) is 184 Å². The summed E-state index contributed by atoms with van der Waals surface area (Å²) in [5.74, 6) is 2.11. The van der Waals surface area contributed by atoms with Gasteiger partial charge in [0, 0.05) is 37.5 Å². The van der Waals surface area contributed by atoms with E-state index in [0.29, 0.717) is 26.2 Å². The molecule has 1 aromatic carbocycles. The Hall–Kier alpha value is -2.30. The van der Waals surface area contributed by atoms with Crippen LogP contribution in [-0.2, 0) is 14.3 Å². The number of benzene rings is 1. The van der Waals surface area contributed by atoms with Gasteiger partial charge in [-0.15, -0.1) is 6.58 Å². The molecule has 1 saturated heterocycles. The van der Waals surface area contributed by atoms with E-state index < -0.39 is 5.79 Å². The highest BCUT2D eigenvalue weighted by molar-refractivity contribution is 8.00. The van der Waals surface area contributed by atoms with Crippen molar-refractivity contribution < 1.29 is 34.0 Å². The van der Waals surface area contributed by atoms with E-state index in [2.05, 4.69) is 38.3 Å². The largest absolute Gasteiger partial charge is 0.490 e. The van der Waals surface area contributed by atoms with Gasteiger partial charge in [0.15, 0.2) is 0 Å². The minimum absolute atomic E-state index is 0.0347. The van der Waals surface area contributed by atoms with E-state index >= 15 is 0 Å². The van der Waals surface area contributed by atoms with E-state index in [-0.39, 0.29) is 48.4 Å². The van der Waals surface area contributed by atoms with Gasteiger partial charge in [-0.2, -0.15) is 11.8 Å². The third kappa shape index (κ3) is 14.1. The standard InChI is InChI=1S/C51H81NO7S/c1-4-7-8-9-10-11-12-13-14-15-16-17-18-25-36-60-47-39-45(52-59-48-28-21-24-35-56-48)43-37-40(26-19-22-31-53)42(27-20-23-32-54)49-44-38-41(55-33-5-2)29-30-46(44)58-51(47,50(43)49)57-34-6-3/h5-6,29-30,37-38,40,42,47-50,53-54H,2-4,7-28,31-36,39H2,1H3/t40-,42+,47-,48?,49+,50+,51+/m0/s1. The SMILES string of the molecule is C=CCOc1ccc2c(c1)[C@H]1[C@H](CCCCO)[C@@H](CCCCO)C=C3C(=NOC4CCCCO4)C[C@H](SCCCCCCCCCCCCCCCC)[C@@](OCC=C)(O2)[C@H]31. The Kier molecular flexibility index (Phi) is 22.5. The molecule has 1 unspecified atom stereocenters. The molecule has 2 fully saturated rings. The van der Waals surface area contributed by atoms with Gasteiger partial charge in [-0.3, -0.25) is 0 Å². The number of unbranched alkanes of at least 4 members (excludes halogenated alkanes) is 15. The summed E-state index contributed by atoms with van der Waals surface area (Å²) in [5, 5.41) is 24.7.